The monoisotopic (exact) mass is 412 g/mol. The smallest absolute Gasteiger partial charge is 0.335 e. The summed E-state index contributed by atoms with van der Waals surface area (Å²) in [5.74, 6) is 0.261. The van der Waals surface area contributed by atoms with Crippen LogP contribution in [0.2, 0.25) is 0 Å². The van der Waals surface area contributed by atoms with E-state index in [9.17, 15) is 9.90 Å². The number of imidazole rings is 1. The zero-order valence-corrected chi connectivity index (χ0v) is 18.1. The van der Waals surface area contributed by atoms with E-state index < -0.39 is 5.97 Å². The number of hydrogen-bond donors (Lipinski definition) is 1. The summed E-state index contributed by atoms with van der Waals surface area (Å²) < 4.78 is 2.32. The Kier molecular flexibility index (Phi) is 6.17. The van der Waals surface area contributed by atoms with Crippen molar-refractivity contribution < 1.29 is 9.90 Å². The fourth-order valence-electron chi connectivity index (χ4n) is 4.17. The number of rotatable bonds is 8. The van der Waals surface area contributed by atoms with Crippen LogP contribution in [0.5, 0.6) is 0 Å². The van der Waals surface area contributed by atoms with E-state index in [0.29, 0.717) is 5.56 Å². The SMILES string of the molecule is CCCCc1nc2ccccc2n1Cc1ccc(C(C)c2ccccc2C(=O)O)cc1. The van der Waals surface area contributed by atoms with E-state index in [1.165, 1.54) is 11.1 Å². The lowest BCUT2D eigenvalue weighted by Gasteiger charge is -2.16. The van der Waals surface area contributed by atoms with E-state index in [1.807, 2.05) is 18.2 Å². The third-order valence-electron chi connectivity index (χ3n) is 5.97. The van der Waals surface area contributed by atoms with Crippen LogP contribution >= 0.6 is 0 Å². The maximum atomic E-state index is 11.6. The molecule has 4 aromatic rings. The molecule has 31 heavy (non-hydrogen) atoms. The predicted octanol–water partition coefficient (Wildman–Crippen LogP) is 6.28. The van der Waals surface area contributed by atoms with Crippen molar-refractivity contribution in [2.24, 2.45) is 0 Å². The molecule has 3 aromatic carbocycles. The van der Waals surface area contributed by atoms with E-state index in [0.717, 1.165) is 48.3 Å². The molecule has 0 aliphatic heterocycles. The van der Waals surface area contributed by atoms with Gasteiger partial charge in [-0.1, -0.05) is 74.9 Å². The van der Waals surface area contributed by atoms with Gasteiger partial charge >= 0.3 is 5.97 Å². The van der Waals surface area contributed by atoms with Gasteiger partial charge in [-0.3, -0.25) is 0 Å². The normalized spacial score (nSPS) is 12.2. The molecule has 0 radical (unpaired) electrons. The van der Waals surface area contributed by atoms with Crippen LogP contribution in [0.1, 0.15) is 65.5 Å². The van der Waals surface area contributed by atoms with Crippen LogP contribution in [0.4, 0.5) is 0 Å². The summed E-state index contributed by atoms with van der Waals surface area (Å²) >= 11 is 0. The Morgan fingerprint density at radius 2 is 1.71 bits per heavy atom. The summed E-state index contributed by atoms with van der Waals surface area (Å²) in [5.41, 5.74) is 5.74. The van der Waals surface area contributed by atoms with E-state index in [4.69, 9.17) is 4.98 Å². The number of unbranched alkanes of at least 4 members (excludes halogenated alkanes) is 1. The highest BCUT2D eigenvalue weighted by atomic mass is 16.4. The van der Waals surface area contributed by atoms with Crippen LogP contribution in [-0.2, 0) is 13.0 Å². The molecule has 4 rings (SSSR count). The molecule has 0 aliphatic carbocycles. The average Bonchev–Trinajstić information content (AvgIpc) is 3.15. The number of fused-ring (bicyclic) bond motifs is 1. The molecule has 4 heteroatoms. The summed E-state index contributed by atoms with van der Waals surface area (Å²) in [4.78, 5) is 16.5. The predicted molar refractivity (Wildman–Crippen MR) is 125 cm³/mol. The molecular weight excluding hydrogens is 384 g/mol. The van der Waals surface area contributed by atoms with Gasteiger partial charge in [0.1, 0.15) is 5.82 Å². The second kappa shape index (κ2) is 9.17. The molecule has 0 saturated carbocycles. The van der Waals surface area contributed by atoms with Crippen molar-refractivity contribution in [3.8, 4) is 0 Å². The minimum atomic E-state index is -0.884. The minimum absolute atomic E-state index is 0.00976. The van der Waals surface area contributed by atoms with Crippen molar-refractivity contribution in [3.63, 3.8) is 0 Å². The zero-order valence-electron chi connectivity index (χ0n) is 18.1. The van der Waals surface area contributed by atoms with E-state index in [2.05, 4.69) is 60.9 Å². The number of benzene rings is 3. The third kappa shape index (κ3) is 4.38. The van der Waals surface area contributed by atoms with Crippen molar-refractivity contribution in [3.05, 3.63) is 101 Å². The van der Waals surface area contributed by atoms with Crippen LogP contribution in [0.15, 0.2) is 72.8 Å². The quantitative estimate of drug-likeness (QED) is 0.371. The molecule has 1 atom stereocenters. The molecule has 4 nitrogen and oxygen atoms in total. The summed E-state index contributed by atoms with van der Waals surface area (Å²) in [5, 5.41) is 9.51. The Hall–Kier alpha value is -3.40. The Morgan fingerprint density at radius 3 is 2.45 bits per heavy atom. The number of carboxylic acids is 1. The molecule has 1 N–H and O–H groups in total. The molecular formula is C27H28N2O2. The van der Waals surface area contributed by atoms with Crippen LogP contribution in [0.25, 0.3) is 11.0 Å². The minimum Gasteiger partial charge on any atom is -0.478 e. The Balaban J connectivity index is 1.61. The number of aromatic carboxylic acids is 1. The van der Waals surface area contributed by atoms with Gasteiger partial charge in [-0.25, -0.2) is 9.78 Å². The maximum absolute atomic E-state index is 11.6. The number of carboxylic acid groups (broad SMARTS) is 1. The van der Waals surface area contributed by atoms with Crippen LogP contribution in [0, 0.1) is 0 Å². The van der Waals surface area contributed by atoms with Crippen molar-refractivity contribution in [1.29, 1.82) is 0 Å². The lowest BCUT2D eigenvalue weighted by atomic mass is 9.89. The zero-order chi connectivity index (χ0) is 21.8. The lowest BCUT2D eigenvalue weighted by molar-refractivity contribution is 0.0695. The highest BCUT2D eigenvalue weighted by Crippen LogP contribution is 2.28. The van der Waals surface area contributed by atoms with Crippen molar-refractivity contribution in [1.82, 2.24) is 9.55 Å². The third-order valence-corrected chi connectivity index (χ3v) is 5.97. The van der Waals surface area contributed by atoms with Crippen LogP contribution in [-0.4, -0.2) is 20.6 Å². The molecule has 1 aromatic heterocycles. The topological polar surface area (TPSA) is 55.1 Å². The Morgan fingerprint density at radius 1 is 1.00 bits per heavy atom. The fraction of sp³-hybridized carbons (Fsp3) is 0.259. The Bertz CT molecular complexity index is 1190. The van der Waals surface area contributed by atoms with E-state index in [-0.39, 0.29) is 5.92 Å². The second-order valence-electron chi connectivity index (χ2n) is 8.06. The van der Waals surface area contributed by atoms with Gasteiger partial charge in [0.2, 0.25) is 0 Å². The maximum Gasteiger partial charge on any atom is 0.335 e. The van der Waals surface area contributed by atoms with Gasteiger partial charge in [0.05, 0.1) is 16.6 Å². The molecule has 0 saturated heterocycles. The standard InChI is InChI=1S/C27H28N2O2/c1-3-4-13-26-28-24-11-7-8-12-25(24)29(26)18-20-14-16-21(17-15-20)19(2)22-9-5-6-10-23(22)27(30)31/h5-12,14-17,19H,3-4,13,18H2,1-2H3,(H,30,31). The molecule has 0 bridgehead atoms. The summed E-state index contributed by atoms with van der Waals surface area (Å²) in [6, 6.07) is 24.1. The number of aryl methyl sites for hydroxylation is 1. The first-order valence-electron chi connectivity index (χ1n) is 10.9. The fourth-order valence-corrected chi connectivity index (χ4v) is 4.17. The second-order valence-corrected chi connectivity index (χ2v) is 8.06. The van der Waals surface area contributed by atoms with Crippen molar-refractivity contribution >= 4 is 17.0 Å². The van der Waals surface area contributed by atoms with Crippen LogP contribution in [0.3, 0.4) is 0 Å². The molecule has 1 unspecified atom stereocenters. The van der Waals surface area contributed by atoms with Crippen molar-refractivity contribution in [2.45, 2.75) is 45.6 Å². The summed E-state index contributed by atoms with van der Waals surface area (Å²) in [6.07, 6.45) is 3.25. The molecule has 0 amide bonds. The largest absolute Gasteiger partial charge is 0.478 e. The van der Waals surface area contributed by atoms with Gasteiger partial charge < -0.3 is 9.67 Å². The first kappa shape index (κ1) is 20.9. The molecule has 0 spiro atoms. The van der Waals surface area contributed by atoms with Gasteiger partial charge in [-0.15, -0.1) is 0 Å². The van der Waals surface area contributed by atoms with Gasteiger partial charge in [0.15, 0.2) is 0 Å². The summed E-state index contributed by atoms with van der Waals surface area (Å²) in [6.45, 7) is 5.04. The molecule has 158 valence electrons. The van der Waals surface area contributed by atoms with Gasteiger partial charge in [0.25, 0.3) is 0 Å². The number of hydrogen-bond acceptors (Lipinski definition) is 2. The van der Waals surface area contributed by atoms with Gasteiger partial charge in [0, 0.05) is 18.9 Å². The number of carbonyl (C=O) groups is 1. The number of para-hydroxylation sites is 2. The summed E-state index contributed by atoms with van der Waals surface area (Å²) in [7, 11) is 0. The molecule has 0 aliphatic rings. The van der Waals surface area contributed by atoms with Gasteiger partial charge in [-0.2, -0.15) is 0 Å². The highest BCUT2D eigenvalue weighted by Gasteiger charge is 2.17. The number of aromatic nitrogens is 2. The number of nitrogens with zero attached hydrogens (tertiary/aromatic N) is 2. The first-order chi connectivity index (χ1) is 15.1. The molecule has 1 heterocycles. The van der Waals surface area contributed by atoms with Crippen LogP contribution < -0.4 is 0 Å². The first-order valence-corrected chi connectivity index (χ1v) is 10.9. The van der Waals surface area contributed by atoms with Crippen molar-refractivity contribution in [2.75, 3.05) is 0 Å². The van der Waals surface area contributed by atoms with E-state index >= 15 is 0 Å². The molecule has 0 fully saturated rings. The average molecular weight is 413 g/mol. The van der Waals surface area contributed by atoms with Gasteiger partial charge in [-0.05, 0) is 41.3 Å². The van der Waals surface area contributed by atoms with E-state index in [1.54, 1.807) is 12.1 Å². The Labute approximate surface area is 183 Å². The lowest BCUT2D eigenvalue weighted by Crippen LogP contribution is -2.07. The highest BCUT2D eigenvalue weighted by molar-refractivity contribution is 5.89.